The molecule has 25 heavy (non-hydrogen) atoms. The summed E-state index contributed by atoms with van der Waals surface area (Å²) in [5.74, 6) is 1.56. The molecular formula is C20H20FN3O. The number of halogens is 1. The van der Waals surface area contributed by atoms with E-state index < -0.39 is 0 Å². The Bertz CT molecular complexity index is 886. The van der Waals surface area contributed by atoms with Crippen LogP contribution in [0.3, 0.4) is 0 Å². The van der Waals surface area contributed by atoms with Crippen molar-refractivity contribution in [1.82, 2.24) is 9.78 Å². The molecule has 1 aliphatic heterocycles. The second-order valence-electron chi connectivity index (χ2n) is 6.18. The third-order valence-corrected chi connectivity index (χ3v) is 4.54. The molecule has 2 heterocycles. The molecule has 0 atom stereocenters. The Morgan fingerprint density at radius 1 is 1.12 bits per heavy atom. The van der Waals surface area contributed by atoms with Crippen molar-refractivity contribution in [3.05, 3.63) is 59.9 Å². The maximum absolute atomic E-state index is 13.7. The number of fused-ring (bicyclic) bond motifs is 1. The van der Waals surface area contributed by atoms with Gasteiger partial charge in [-0.2, -0.15) is 5.10 Å². The standard InChI is InChI=1S/C20H20FN3O/c1-25-17-10-8-16(9-11-17)24-20-18(7-2-3-12-22-20)19(23-24)14-5-4-6-15(21)13-14/h4-6,8-11,13,22H,2-3,7,12H2,1H3. The van der Waals surface area contributed by atoms with Crippen LogP contribution in [-0.2, 0) is 6.42 Å². The van der Waals surface area contributed by atoms with Crippen LogP contribution in [-0.4, -0.2) is 23.4 Å². The third kappa shape index (κ3) is 2.97. The van der Waals surface area contributed by atoms with Crippen molar-refractivity contribution in [3.8, 4) is 22.7 Å². The quantitative estimate of drug-likeness (QED) is 0.768. The lowest BCUT2D eigenvalue weighted by atomic mass is 10.0. The SMILES string of the molecule is COc1ccc(-n2nc(-c3cccc(F)c3)c3c2NCCCC3)cc1. The molecule has 0 saturated heterocycles. The molecule has 0 aliphatic carbocycles. The summed E-state index contributed by atoms with van der Waals surface area (Å²) in [6, 6.07) is 14.4. The lowest BCUT2D eigenvalue weighted by Gasteiger charge is -2.09. The summed E-state index contributed by atoms with van der Waals surface area (Å²) in [4.78, 5) is 0. The molecule has 1 N–H and O–H groups in total. The van der Waals surface area contributed by atoms with Crippen molar-refractivity contribution < 1.29 is 9.13 Å². The minimum atomic E-state index is -0.244. The molecular weight excluding hydrogens is 317 g/mol. The van der Waals surface area contributed by atoms with Crippen LogP contribution in [0.15, 0.2) is 48.5 Å². The lowest BCUT2D eigenvalue weighted by Crippen LogP contribution is -2.07. The maximum Gasteiger partial charge on any atom is 0.133 e. The van der Waals surface area contributed by atoms with Gasteiger partial charge in [0.25, 0.3) is 0 Å². The first-order valence-corrected chi connectivity index (χ1v) is 8.52. The van der Waals surface area contributed by atoms with E-state index in [1.165, 1.54) is 6.07 Å². The number of aromatic nitrogens is 2. The van der Waals surface area contributed by atoms with E-state index in [0.717, 1.165) is 59.9 Å². The van der Waals surface area contributed by atoms with Crippen molar-refractivity contribution >= 4 is 5.82 Å². The summed E-state index contributed by atoms with van der Waals surface area (Å²) in [5.41, 5.74) is 3.76. The van der Waals surface area contributed by atoms with E-state index in [0.29, 0.717) is 0 Å². The number of methoxy groups -OCH3 is 1. The van der Waals surface area contributed by atoms with E-state index in [-0.39, 0.29) is 5.82 Å². The maximum atomic E-state index is 13.7. The van der Waals surface area contributed by atoms with E-state index in [1.54, 1.807) is 19.2 Å². The second kappa shape index (κ2) is 6.59. The Hall–Kier alpha value is -2.82. The number of anilines is 1. The smallest absolute Gasteiger partial charge is 0.133 e. The van der Waals surface area contributed by atoms with Gasteiger partial charge in [0.1, 0.15) is 17.4 Å². The third-order valence-electron chi connectivity index (χ3n) is 4.54. The fraction of sp³-hybridized carbons (Fsp3) is 0.250. The fourth-order valence-corrected chi connectivity index (χ4v) is 3.28. The normalized spacial score (nSPS) is 13.7. The van der Waals surface area contributed by atoms with Crippen LogP contribution in [0.1, 0.15) is 18.4 Å². The summed E-state index contributed by atoms with van der Waals surface area (Å²) < 4.78 is 20.9. The average Bonchev–Trinajstić information content (AvgIpc) is 2.83. The van der Waals surface area contributed by atoms with Gasteiger partial charge < -0.3 is 10.1 Å². The molecule has 128 valence electrons. The fourth-order valence-electron chi connectivity index (χ4n) is 3.28. The van der Waals surface area contributed by atoms with Crippen molar-refractivity contribution in [1.29, 1.82) is 0 Å². The number of benzene rings is 2. The van der Waals surface area contributed by atoms with Crippen molar-refractivity contribution in [2.45, 2.75) is 19.3 Å². The number of nitrogens with one attached hydrogen (secondary N) is 1. The summed E-state index contributed by atoms with van der Waals surface area (Å²) in [5, 5.41) is 8.32. The van der Waals surface area contributed by atoms with E-state index >= 15 is 0 Å². The van der Waals surface area contributed by atoms with Gasteiger partial charge in [0.15, 0.2) is 0 Å². The Kier molecular flexibility index (Phi) is 4.14. The number of rotatable bonds is 3. The monoisotopic (exact) mass is 337 g/mol. The molecule has 0 bridgehead atoms. The van der Waals surface area contributed by atoms with Gasteiger partial charge >= 0.3 is 0 Å². The van der Waals surface area contributed by atoms with E-state index in [4.69, 9.17) is 9.84 Å². The zero-order chi connectivity index (χ0) is 17.2. The first-order chi connectivity index (χ1) is 12.3. The molecule has 0 unspecified atom stereocenters. The van der Waals surface area contributed by atoms with Gasteiger partial charge in [0.05, 0.1) is 18.5 Å². The molecule has 0 fully saturated rings. The van der Waals surface area contributed by atoms with Crippen LogP contribution in [0.5, 0.6) is 5.75 Å². The minimum absolute atomic E-state index is 0.244. The number of hydrogen-bond acceptors (Lipinski definition) is 3. The molecule has 0 amide bonds. The number of hydrogen-bond donors (Lipinski definition) is 1. The Morgan fingerprint density at radius 2 is 1.96 bits per heavy atom. The van der Waals surface area contributed by atoms with Gasteiger partial charge in [-0.3, -0.25) is 0 Å². The summed E-state index contributed by atoms with van der Waals surface area (Å²) in [6.45, 7) is 0.914. The molecule has 0 saturated carbocycles. The van der Waals surface area contributed by atoms with Gasteiger partial charge in [-0.1, -0.05) is 12.1 Å². The van der Waals surface area contributed by atoms with Crippen LogP contribution in [0, 0.1) is 5.82 Å². The Balaban J connectivity index is 1.86. The first-order valence-electron chi connectivity index (χ1n) is 8.52. The van der Waals surface area contributed by atoms with Crippen LogP contribution < -0.4 is 10.1 Å². The van der Waals surface area contributed by atoms with Gasteiger partial charge in [0, 0.05) is 17.7 Å². The zero-order valence-electron chi connectivity index (χ0n) is 14.1. The van der Waals surface area contributed by atoms with E-state index in [9.17, 15) is 4.39 Å². The highest BCUT2D eigenvalue weighted by molar-refractivity contribution is 5.71. The number of ether oxygens (including phenoxy) is 1. The Morgan fingerprint density at radius 3 is 2.72 bits per heavy atom. The summed E-state index contributed by atoms with van der Waals surface area (Å²) in [7, 11) is 1.65. The molecule has 1 aromatic heterocycles. The predicted molar refractivity (Wildman–Crippen MR) is 96.9 cm³/mol. The molecule has 1 aliphatic rings. The Labute approximate surface area is 146 Å². The highest BCUT2D eigenvalue weighted by Gasteiger charge is 2.21. The first kappa shape index (κ1) is 15.7. The van der Waals surface area contributed by atoms with Crippen molar-refractivity contribution in [2.24, 2.45) is 0 Å². The largest absolute Gasteiger partial charge is 0.497 e. The van der Waals surface area contributed by atoms with Crippen molar-refractivity contribution in [3.63, 3.8) is 0 Å². The molecule has 3 aromatic rings. The van der Waals surface area contributed by atoms with Crippen LogP contribution >= 0.6 is 0 Å². The topological polar surface area (TPSA) is 39.1 Å². The van der Waals surface area contributed by atoms with Gasteiger partial charge in [-0.15, -0.1) is 0 Å². The average molecular weight is 337 g/mol. The molecule has 0 spiro atoms. The van der Waals surface area contributed by atoms with Crippen LogP contribution in [0.4, 0.5) is 10.2 Å². The van der Waals surface area contributed by atoms with Crippen LogP contribution in [0.25, 0.3) is 16.9 Å². The van der Waals surface area contributed by atoms with Crippen LogP contribution in [0.2, 0.25) is 0 Å². The minimum Gasteiger partial charge on any atom is -0.497 e. The van der Waals surface area contributed by atoms with Gasteiger partial charge in [-0.05, 0) is 55.7 Å². The summed E-state index contributed by atoms with van der Waals surface area (Å²) in [6.07, 6.45) is 3.14. The zero-order valence-corrected chi connectivity index (χ0v) is 14.1. The van der Waals surface area contributed by atoms with E-state index in [1.807, 2.05) is 35.0 Å². The molecule has 2 aromatic carbocycles. The molecule has 0 radical (unpaired) electrons. The second-order valence-corrected chi connectivity index (χ2v) is 6.18. The highest BCUT2D eigenvalue weighted by Crippen LogP contribution is 2.34. The predicted octanol–water partition coefficient (Wildman–Crippen LogP) is 4.44. The highest BCUT2D eigenvalue weighted by atomic mass is 19.1. The molecule has 4 nitrogen and oxygen atoms in total. The lowest BCUT2D eigenvalue weighted by molar-refractivity contribution is 0.414. The van der Waals surface area contributed by atoms with Gasteiger partial charge in [-0.25, -0.2) is 9.07 Å². The van der Waals surface area contributed by atoms with Gasteiger partial charge in [0.2, 0.25) is 0 Å². The van der Waals surface area contributed by atoms with Crippen molar-refractivity contribution in [2.75, 3.05) is 19.0 Å². The molecule has 5 heteroatoms. The number of nitrogens with zero attached hydrogens (tertiary/aromatic N) is 2. The van der Waals surface area contributed by atoms with E-state index in [2.05, 4.69) is 5.32 Å². The molecule has 4 rings (SSSR count). The summed E-state index contributed by atoms with van der Waals surface area (Å²) >= 11 is 0.